The lowest BCUT2D eigenvalue weighted by Gasteiger charge is -2.30. The van der Waals surface area contributed by atoms with E-state index in [-0.39, 0.29) is 5.78 Å². The number of benzene rings is 2. The molecule has 0 saturated carbocycles. The van der Waals surface area contributed by atoms with Gasteiger partial charge in [0.15, 0.2) is 11.4 Å². The summed E-state index contributed by atoms with van der Waals surface area (Å²) in [6.45, 7) is 6.10. The molecule has 1 atom stereocenters. The van der Waals surface area contributed by atoms with Crippen molar-refractivity contribution >= 4 is 5.78 Å². The maximum atomic E-state index is 12.5. The van der Waals surface area contributed by atoms with E-state index in [1.165, 1.54) is 0 Å². The standard InChI is InChI=1S/C18H18O2/c1-4-20-18(13(3)19)16-11-6-5-9-14(16)15-10-7-8-12(2)17(15)18/h5-11H,4H2,1-3H3. The Morgan fingerprint density at radius 2 is 1.80 bits per heavy atom. The Hall–Kier alpha value is -1.93. The molecule has 0 aromatic heterocycles. The van der Waals surface area contributed by atoms with Gasteiger partial charge in [-0.15, -0.1) is 0 Å². The van der Waals surface area contributed by atoms with Crippen molar-refractivity contribution in [3.05, 3.63) is 59.2 Å². The van der Waals surface area contributed by atoms with E-state index in [2.05, 4.69) is 12.1 Å². The van der Waals surface area contributed by atoms with Crippen molar-refractivity contribution in [3.63, 3.8) is 0 Å². The van der Waals surface area contributed by atoms with E-state index in [1.807, 2.05) is 44.2 Å². The SMILES string of the molecule is CCOC1(C(C)=O)c2ccccc2-c2cccc(C)c21. The average Bonchev–Trinajstić information content (AvgIpc) is 2.73. The maximum absolute atomic E-state index is 12.5. The van der Waals surface area contributed by atoms with Crippen molar-refractivity contribution in [2.24, 2.45) is 0 Å². The largest absolute Gasteiger partial charge is 0.358 e. The van der Waals surface area contributed by atoms with Gasteiger partial charge >= 0.3 is 0 Å². The van der Waals surface area contributed by atoms with Crippen LogP contribution in [0.1, 0.15) is 30.5 Å². The molecule has 0 saturated heterocycles. The third-order valence-corrected chi connectivity index (χ3v) is 4.08. The highest BCUT2D eigenvalue weighted by atomic mass is 16.5. The van der Waals surface area contributed by atoms with Crippen LogP contribution in [0.3, 0.4) is 0 Å². The molecule has 1 unspecified atom stereocenters. The molecule has 2 aromatic rings. The van der Waals surface area contributed by atoms with Crippen LogP contribution in [-0.2, 0) is 15.1 Å². The summed E-state index contributed by atoms with van der Waals surface area (Å²) >= 11 is 0. The second-order valence-electron chi connectivity index (χ2n) is 5.21. The Morgan fingerprint density at radius 3 is 2.50 bits per heavy atom. The van der Waals surface area contributed by atoms with Crippen LogP contribution in [0.4, 0.5) is 0 Å². The second kappa shape index (κ2) is 4.57. The quantitative estimate of drug-likeness (QED) is 0.843. The Balaban J connectivity index is 2.43. The molecule has 0 amide bonds. The van der Waals surface area contributed by atoms with E-state index in [0.717, 1.165) is 27.8 Å². The molecule has 0 heterocycles. The predicted octanol–water partition coefficient (Wildman–Crippen LogP) is 3.84. The highest BCUT2D eigenvalue weighted by molar-refractivity contribution is 5.99. The Bertz CT molecular complexity index is 688. The summed E-state index contributed by atoms with van der Waals surface area (Å²) in [5.41, 5.74) is 4.36. The zero-order chi connectivity index (χ0) is 14.3. The van der Waals surface area contributed by atoms with Crippen LogP contribution in [-0.4, -0.2) is 12.4 Å². The van der Waals surface area contributed by atoms with E-state index < -0.39 is 5.60 Å². The van der Waals surface area contributed by atoms with Crippen molar-refractivity contribution in [2.75, 3.05) is 6.61 Å². The van der Waals surface area contributed by atoms with Gasteiger partial charge < -0.3 is 4.74 Å². The first-order chi connectivity index (χ1) is 9.63. The van der Waals surface area contributed by atoms with Crippen LogP contribution in [0, 0.1) is 6.92 Å². The smallest absolute Gasteiger partial charge is 0.177 e. The summed E-state index contributed by atoms with van der Waals surface area (Å²) in [5, 5.41) is 0. The minimum Gasteiger partial charge on any atom is -0.358 e. The fraction of sp³-hybridized carbons (Fsp3) is 0.278. The Morgan fingerprint density at radius 1 is 1.10 bits per heavy atom. The highest BCUT2D eigenvalue weighted by Gasteiger charge is 2.48. The molecule has 2 nitrogen and oxygen atoms in total. The predicted molar refractivity (Wildman–Crippen MR) is 79.7 cm³/mol. The van der Waals surface area contributed by atoms with Gasteiger partial charge in [0.25, 0.3) is 0 Å². The maximum Gasteiger partial charge on any atom is 0.177 e. The highest BCUT2D eigenvalue weighted by Crippen LogP contribution is 2.51. The topological polar surface area (TPSA) is 26.3 Å². The lowest BCUT2D eigenvalue weighted by atomic mass is 9.85. The van der Waals surface area contributed by atoms with E-state index in [0.29, 0.717) is 6.61 Å². The first kappa shape index (κ1) is 13.1. The summed E-state index contributed by atoms with van der Waals surface area (Å²) in [6, 6.07) is 14.2. The molecule has 0 N–H and O–H groups in total. The zero-order valence-corrected chi connectivity index (χ0v) is 12.1. The van der Waals surface area contributed by atoms with Gasteiger partial charge in [0.05, 0.1) is 0 Å². The fourth-order valence-corrected chi connectivity index (χ4v) is 3.35. The van der Waals surface area contributed by atoms with E-state index in [4.69, 9.17) is 4.74 Å². The Labute approximate surface area is 119 Å². The summed E-state index contributed by atoms with van der Waals surface area (Å²) in [6.07, 6.45) is 0. The second-order valence-corrected chi connectivity index (χ2v) is 5.21. The lowest BCUT2D eigenvalue weighted by Crippen LogP contribution is -2.37. The summed E-state index contributed by atoms with van der Waals surface area (Å²) in [4.78, 5) is 12.5. The molecule has 2 heteroatoms. The lowest BCUT2D eigenvalue weighted by molar-refractivity contribution is -0.137. The number of carbonyl (C=O) groups is 1. The van der Waals surface area contributed by atoms with E-state index in [9.17, 15) is 4.79 Å². The van der Waals surface area contributed by atoms with Crippen LogP contribution in [0.15, 0.2) is 42.5 Å². The monoisotopic (exact) mass is 266 g/mol. The molecule has 0 radical (unpaired) electrons. The van der Waals surface area contributed by atoms with Gasteiger partial charge in [-0.3, -0.25) is 4.79 Å². The molecule has 0 aliphatic heterocycles. The van der Waals surface area contributed by atoms with Crippen molar-refractivity contribution in [1.82, 2.24) is 0 Å². The van der Waals surface area contributed by atoms with E-state index >= 15 is 0 Å². The molecular formula is C18H18O2. The number of hydrogen-bond acceptors (Lipinski definition) is 2. The third kappa shape index (κ3) is 1.52. The summed E-state index contributed by atoms with van der Waals surface area (Å²) < 4.78 is 6.04. The molecule has 0 spiro atoms. The normalized spacial score (nSPS) is 19.6. The third-order valence-electron chi connectivity index (χ3n) is 4.08. The number of fused-ring (bicyclic) bond motifs is 3. The molecule has 102 valence electrons. The Kier molecular flexibility index (Phi) is 2.98. The summed E-state index contributed by atoms with van der Waals surface area (Å²) in [7, 11) is 0. The number of hydrogen-bond donors (Lipinski definition) is 0. The fourth-order valence-electron chi connectivity index (χ4n) is 3.35. The van der Waals surface area contributed by atoms with Gasteiger partial charge in [0.2, 0.25) is 0 Å². The van der Waals surface area contributed by atoms with Gasteiger partial charge in [-0.1, -0.05) is 42.5 Å². The van der Waals surface area contributed by atoms with Crippen LogP contribution < -0.4 is 0 Å². The molecule has 3 rings (SSSR count). The van der Waals surface area contributed by atoms with Gasteiger partial charge in [-0.2, -0.15) is 0 Å². The minimum atomic E-state index is -0.938. The average molecular weight is 266 g/mol. The molecule has 0 fully saturated rings. The van der Waals surface area contributed by atoms with Crippen molar-refractivity contribution in [1.29, 1.82) is 0 Å². The molecule has 0 bridgehead atoms. The molecule has 20 heavy (non-hydrogen) atoms. The van der Waals surface area contributed by atoms with E-state index in [1.54, 1.807) is 6.92 Å². The molecular weight excluding hydrogens is 248 g/mol. The van der Waals surface area contributed by atoms with Crippen molar-refractivity contribution < 1.29 is 9.53 Å². The number of ketones is 1. The first-order valence-corrected chi connectivity index (χ1v) is 6.98. The van der Waals surface area contributed by atoms with Gasteiger partial charge in [0.1, 0.15) is 0 Å². The van der Waals surface area contributed by atoms with Crippen LogP contribution >= 0.6 is 0 Å². The molecule has 1 aliphatic carbocycles. The van der Waals surface area contributed by atoms with Gasteiger partial charge in [-0.25, -0.2) is 0 Å². The van der Waals surface area contributed by atoms with Crippen molar-refractivity contribution in [3.8, 4) is 11.1 Å². The number of carbonyl (C=O) groups excluding carboxylic acids is 1. The number of aryl methyl sites for hydroxylation is 1. The minimum absolute atomic E-state index is 0.0415. The van der Waals surface area contributed by atoms with Crippen LogP contribution in [0.5, 0.6) is 0 Å². The molecule has 1 aliphatic rings. The number of ether oxygens (including phenoxy) is 1. The van der Waals surface area contributed by atoms with Gasteiger partial charge in [0, 0.05) is 17.7 Å². The van der Waals surface area contributed by atoms with Gasteiger partial charge in [-0.05, 0) is 37.5 Å². The first-order valence-electron chi connectivity index (χ1n) is 6.98. The number of Topliss-reactive ketones (excluding diaryl/α,β-unsaturated/α-hetero) is 1. The van der Waals surface area contributed by atoms with Crippen LogP contribution in [0.2, 0.25) is 0 Å². The molecule has 2 aromatic carbocycles. The number of rotatable bonds is 3. The van der Waals surface area contributed by atoms with Crippen molar-refractivity contribution in [2.45, 2.75) is 26.4 Å². The van der Waals surface area contributed by atoms with Crippen LogP contribution in [0.25, 0.3) is 11.1 Å². The zero-order valence-electron chi connectivity index (χ0n) is 12.1. The summed E-state index contributed by atoms with van der Waals surface area (Å²) in [5.74, 6) is 0.0415.